The predicted molar refractivity (Wildman–Crippen MR) is 123 cm³/mol. The molecule has 0 amide bonds. The molecule has 1 aromatic carbocycles. The number of aromatic nitrogens is 1. The van der Waals surface area contributed by atoms with Gasteiger partial charge in [-0.15, -0.1) is 0 Å². The summed E-state index contributed by atoms with van der Waals surface area (Å²) in [7, 11) is 0. The maximum atomic E-state index is 6.31. The van der Waals surface area contributed by atoms with Crippen LogP contribution in [0, 0.1) is 5.92 Å². The van der Waals surface area contributed by atoms with E-state index in [2.05, 4.69) is 29.3 Å². The lowest BCUT2D eigenvalue weighted by molar-refractivity contribution is 0.228. The molecule has 1 N–H and O–H groups in total. The molecule has 1 fully saturated rings. The molecular formula is C25H32ClN3. The van der Waals surface area contributed by atoms with Crippen molar-refractivity contribution >= 4 is 28.2 Å². The molecule has 1 aliphatic heterocycles. The van der Waals surface area contributed by atoms with Gasteiger partial charge in [0.1, 0.15) is 0 Å². The Kier molecular flexibility index (Phi) is 5.53. The molecule has 1 aromatic heterocycles. The van der Waals surface area contributed by atoms with E-state index in [4.69, 9.17) is 16.6 Å². The minimum atomic E-state index is 0.603. The standard InChI is InChI=1S/C25H32ClN3/c1-17-12-18-14-19(13-17)24-23(15-18)28-22-16-20(26)6-7-21(22)25(24)27-8-5-11-29-9-3-2-4-10-29/h6-7,12,16,18-19H,2-5,8-11,13-15H2,1H3,(H,27,28)/t18-,19+/m0/s1. The van der Waals surface area contributed by atoms with E-state index in [1.54, 1.807) is 5.57 Å². The first-order valence-corrected chi connectivity index (χ1v) is 11.8. The van der Waals surface area contributed by atoms with E-state index in [-0.39, 0.29) is 0 Å². The van der Waals surface area contributed by atoms with E-state index in [1.165, 1.54) is 80.5 Å². The largest absolute Gasteiger partial charge is 0.384 e. The summed E-state index contributed by atoms with van der Waals surface area (Å²) < 4.78 is 0. The van der Waals surface area contributed by atoms with Crippen molar-refractivity contribution in [3.8, 4) is 0 Å². The fourth-order valence-electron chi connectivity index (χ4n) is 5.77. The van der Waals surface area contributed by atoms with Crippen LogP contribution in [0.2, 0.25) is 5.02 Å². The maximum Gasteiger partial charge on any atom is 0.0741 e. The third-order valence-electron chi connectivity index (χ3n) is 7.01. The number of hydrogen-bond donors (Lipinski definition) is 1. The first-order valence-electron chi connectivity index (χ1n) is 11.4. The average Bonchev–Trinajstić information content (AvgIpc) is 2.70. The monoisotopic (exact) mass is 409 g/mol. The number of nitrogens with zero attached hydrogens (tertiary/aromatic N) is 2. The van der Waals surface area contributed by atoms with Crippen LogP contribution in [-0.4, -0.2) is 36.1 Å². The fourth-order valence-corrected chi connectivity index (χ4v) is 5.94. The Morgan fingerprint density at radius 3 is 2.90 bits per heavy atom. The van der Waals surface area contributed by atoms with Crippen LogP contribution in [0.4, 0.5) is 5.69 Å². The number of fused-ring (bicyclic) bond motifs is 5. The van der Waals surface area contributed by atoms with E-state index in [0.29, 0.717) is 11.8 Å². The van der Waals surface area contributed by atoms with E-state index in [1.807, 2.05) is 12.1 Å². The molecule has 0 unspecified atom stereocenters. The second kappa shape index (κ2) is 8.28. The van der Waals surface area contributed by atoms with Gasteiger partial charge < -0.3 is 10.2 Å². The van der Waals surface area contributed by atoms with Gasteiger partial charge >= 0.3 is 0 Å². The number of halogens is 1. The fraction of sp³-hybridized carbons (Fsp3) is 0.560. The Bertz CT molecular complexity index is 929. The zero-order chi connectivity index (χ0) is 19.8. The van der Waals surface area contributed by atoms with Crippen molar-refractivity contribution in [2.75, 3.05) is 31.5 Å². The van der Waals surface area contributed by atoms with E-state index < -0.39 is 0 Å². The minimum Gasteiger partial charge on any atom is -0.384 e. The molecule has 2 bridgehead atoms. The topological polar surface area (TPSA) is 28.2 Å². The lowest BCUT2D eigenvalue weighted by Gasteiger charge is -2.36. The summed E-state index contributed by atoms with van der Waals surface area (Å²) in [5.74, 6) is 1.25. The molecule has 5 rings (SSSR count). The molecule has 3 nitrogen and oxygen atoms in total. The SMILES string of the molecule is CC1=C[C@@H]2Cc3nc4cc(Cl)ccc4c(NCCCN4CCCCC4)c3[C@H](C1)C2. The quantitative estimate of drug-likeness (QED) is 0.472. The lowest BCUT2D eigenvalue weighted by atomic mass is 9.71. The van der Waals surface area contributed by atoms with Crippen molar-refractivity contribution in [2.24, 2.45) is 5.92 Å². The molecule has 154 valence electrons. The minimum absolute atomic E-state index is 0.603. The van der Waals surface area contributed by atoms with Gasteiger partial charge in [0.15, 0.2) is 0 Å². The third kappa shape index (κ3) is 4.04. The number of piperidine rings is 1. The highest BCUT2D eigenvalue weighted by Crippen LogP contribution is 2.47. The zero-order valence-corrected chi connectivity index (χ0v) is 18.3. The van der Waals surface area contributed by atoms with E-state index in [0.717, 1.165) is 23.5 Å². The molecule has 4 heteroatoms. The number of rotatable bonds is 5. The van der Waals surface area contributed by atoms with Gasteiger partial charge in [0.05, 0.1) is 5.52 Å². The van der Waals surface area contributed by atoms with Crippen LogP contribution in [0.25, 0.3) is 10.9 Å². The molecule has 0 saturated carbocycles. The van der Waals surface area contributed by atoms with Crippen molar-refractivity contribution in [3.63, 3.8) is 0 Å². The molecule has 29 heavy (non-hydrogen) atoms. The lowest BCUT2D eigenvalue weighted by Crippen LogP contribution is -2.31. The van der Waals surface area contributed by atoms with Crippen LogP contribution in [0.5, 0.6) is 0 Å². The van der Waals surface area contributed by atoms with Crippen LogP contribution < -0.4 is 5.32 Å². The van der Waals surface area contributed by atoms with Gasteiger partial charge in [-0.3, -0.25) is 4.98 Å². The maximum absolute atomic E-state index is 6.31. The summed E-state index contributed by atoms with van der Waals surface area (Å²) in [6.45, 7) is 7.08. The molecule has 0 spiro atoms. The summed E-state index contributed by atoms with van der Waals surface area (Å²) in [5.41, 5.74) is 6.70. The molecule has 2 heterocycles. The van der Waals surface area contributed by atoms with Crippen LogP contribution in [0.1, 0.15) is 62.6 Å². The number of benzene rings is 1. The second-order valence-electron chi connectivity index (χ2n) is 9.31. The van der Waals surface area contributed by atoms with Crippen molar-refractivity contribution in [1.29, 1.82) is 0 Å². The highest BCUT2D eigenvalue weighted by Gasteiger charge is 2.33. The van der Waals surface area contributed by atoms with E-state index >= 15 is 0 Å². The second-order valence-corrected chi connectivity index (χ2v) is 9.74. The predicted octanol–water partition coefficient (Wildman–Crippen LogP) is 6.17. The highest BCUT2D eigenvalue weighted by atomic mass is 35.5. The highest BCUT2D eigenvalue weighted by molar-refractivity contribution is 6.31. The van der Waals surface area contributed by atoms with Gasteiger partial charge in [-0.25, -0.2) is 0 Å². The Balaban J connectivity index is 1.42. The Morgan fingerprint density at radius 1 is 1.17 bits per heavy atom. The zero-order valence-electron chi connectivity index (χ0n) is 17.5. The molecule has 2 aliphatic carbocycles. The first kappa shape index (κ1) is 19.4. The number of nitrogens with one attached hydrogen (secondary N) is 1. The summed E-state index contributed by atoms with van der Waals surface area (Å²) in [6, 6.07) is 6.20. The number of pyridine rings is 1. The molecule has 1 saturated heterocycles. The summed E-state index contributed by atoms with van der Waals surface area (Å²) in [5, 5.41) is 5.87. The van der Waals surface area contributed by atoms with Gasteiger partial charge in [-0.05, 0) is 95.1 Å². The van der Waals surface area contributed by atoms with Gasteiger partial charge in [-0.1, -0.05) is 29.7 Å². The number of anilines is 1. The average molecular weight is 410 g/mol. The third-order valence-corrected chi connectivity index (χ3v) is 7.24. The van der Waals surface area contributed by atoms with Crippen molar-refractivity contribution < 1.29 is 0 Å². The van der Waals surface area contributed by atoms with Crippen LogP contribution in [-0.2, 0) is 6.42 Å². The number of likely N-dealkylation sites (tertiary alicyclic amines) is 1. The van der Waals surface area contributed by atoms with Gasteiger partial charge in [0, 0.05) is 33.9 Å². The first-order chi connectivity index (χ1) is 14.2. The normalized spacial score (nSPS) is 24.3. The smallest absolute Gasteiger partial charge is 0.0741 e. The van der Waals surface area contributed by atoms with Gasteiger partial charge in [0.2, 0.25) is 0 Å². The molecule has 3 aliphatic rings. The van der Waals surface area contributed by atoms with Crippen molar-refractivity contribution in [1.82, 2.24) is 9.88 Å². The van der Waals surface area contributed by atoms with E-state index in [9.17, 15) is 0 Å². The number of allylic oxidation sites excluding steroid dienone is 2. The Labute approximate surface area is 179 Å². The number of hydrogen-bond acceptors (Lipinski definition) is 3. The molecule has 2 aromatic rings. The Morgan fingerprint density at radius 2 is 2.03 bits per heavy atom. The van der Waals surface area contributed by atoms with Crippen LogP contribution in [0.3, 0.4) is 0 Å². The Hall–Kier alpha value is -1.58. The van der Waals surface area contributed by atoms with Gasteiger partial charge in [-0.2, -0.15) is 0 Å². The summed E-state index contributed by atoms with van der Waals surface area (Å²) in [4.78, 5) is 7.71. The van der Waals surface area contributed by atoms with Crippen molar-refractivity contribution in [2.45, 2.75) is 57.8 Å². The van der Waals surface area contributed by atoms with Crippen LogP contribution >= 0.6 is 11.6 Å². The molecular weight excluding hydrogens is 378 g/mol. The molecule has 2 atom stereocenters. The summed E-state index contributed by atoms with van der Waals surface area (Å²) >= 11 is 6.31. The van der Waals surface area contributed by atoms with Gasteiger partial charge in [0.25, 0.3) is 0 Å². The molecule has 0 radical (unpaired) electrons. The summed E-state index contributed by atoms with van der Waals surface area (Å²) in [6.07, 6.45) is 11.3. The van der Waals surface area contributed by atoms with Crippen molar-refractivity contribution in [3.05, 3.63) is 46.1 Å². The van der Waals surface area contributed by atoms with Crippen LogP contribution in [0.15, 0.2) is 29.8 Å².